The molecule has 1 aliphatic rings. The molecule has 140 valence electrons. The molecule has 1 amide bonds. The van der Waals surface area contributed by atoms with E-state index in [9.17, 15) is 22.0 Å². The first-order valence-corrected chi connectivity index (χ1v) is 10.0. The van der Waals surface area contributed by atoms with E-state index in [1.54, 1.807) is 18.2 Å². The number of thiophene rings is 1. The van der Waals surface area contributed by atoms with Gasteiger partial charge in [-0.3, -0.25) is 4.79 Å². The van der Waals surface area contributed by atoms with Gasteiger partial charge in [-0.15, -0.1) is 11.3 Å². The third kappa shape index (κ3) is 3.44. The normalized spacial score (nSPS) is 17.9. The number of rotatable bonds is 4. The molecule has 3 rings (SSSR count). The number of carbonyl (C=O) groups excluding carboxylic acids is 1. The standard InChI is InChI=1S/C16H17F2N3O3S2/c17-16(18)5-7-21(8-6-16)26(23,24)13-9-12(15(20)25-13)10-3-1-2-4-11(10)14(19)22/h1-4,9H,5-8,20H2,(H2,19,22). The summed E-state index contributed by atoms with van der Waals surface area (Å²) < 4.78 is 53.1. The summed E-state index contributed by atoms with van der Waals surface area (Å²) in [5, 5.41) is 0.208. The molecule has 1 aromatic carbocycles. The van der Waals surface area contributed by atoms with Crippen LogP contribution in [0.5, 0.6) is 0 Å². The van der Waals surface area contributed by atoms with Gasteiger partial charge in [0.15, 0.2) is 0 Å². The van der Waals surface area contributed by atoms with Crippen molar-refractivity contribution in [2.75, 3.05) is 18.8 Å². The number of benzene rings is 1. The van der Waals surface area contributed by atoms with E-state index in [4.69, 9.17) is 11.5 Å². The van der Waals surface area contributed by atoms with Gasteiger partial charge in [-0.25, -0.2) is 17.2 Å². The van der Waals surface area contributed by atoms with E-state index in [0.29, 0.717) is 11.1 Å². The first-order chi connectivity index (χ1) is 12.1. The van der Waals surface area contributed by atoms with Crippen LogP contribution in [0, 0.1) is 0 Å². The van der Waals surface area contributed by atoms with Crippen molar-refractivity contribution in [3.8, 4) is 11.1 Å². The smallest absolute Gasteiger partial charge is 0.252 e. The maximum Gasteiger partial charge on any atom is 0.252 e. The van der Waals surface area contributed by atoms with Crippen molar-refractivity contribution in [2.45, 2.75) is 23.0 Å². The Morgan fingerprint density at radius 3 is 2.38 bits per heavy atom. The molecule has 1 aliphatic heterocycles. The Morgan fingerprint density at radius 1 is 1.15 bits per heavy atom. The molecule has 1 fully saturated rings. The highest BCUT2D eigenvalue weighted by Gasteiger charge is 2.39. The lowest BCUT2D eigenvalue weighted by Crippen LogP contribution is -2.42. The van der Waals surface area contributed by atoms with Gasteiger partial charge < -0.3 is 11.5 Å². The predicted molar refractivity (Wildman–Crippen MR) is 95.6 cm³/mol. The van der Waals surface area contributed by atoms with E-state index < -0.39 is 34.7 Å². The molecule has 1 aromatic heterocycles. The number of hydrogen-bond donors (Lipinski definition) is 2. The summed E-state index contributed by atoms with van der Waals surface area (Å²) in [6.07, 6.45) is -1.02. The number of sulfonamides is 1. The number of alkyl halides is 2. The van der Waals surface area contributed by atoms with Gasteiger partial charge in [-0.05, 0) is 17.7 Å². The Morgan fingerprint density at radius 2 is 1.77 bits per heavy atom. The number of carbonyl (C=O) groups is 1. The highest BCUT2D eigenvalue weighted by Crippen LogP contribution is 2.40. The maximum atomic E-state index is 13.3. The Balaban J connectivity index is 1.97. The Bertz CT molecular complexity index is 947. The van der Waals surface area contributed by atoms with E-state index >= 15 is 0 Å². The summed E-state index contributed by atoms with van der Waals surface area (Å²) >= 11 is 0.839. The molecule has 6 nitrogen and oxygen atoms in total. The summed E-state index contributed by atoms with van der Waals surface area (Å²) in [4.78, 5) is 11.6. The number of nitrogen functional groups attached to an aromatic ring is 1. The summed E-state index contributed by atoms with van der Waals surface area (Å²) in [5.74, 6) is -3.50. The van der Waals surface area contributed by atoms with Gasteiger partial charge in [0.05, 0.1) is 5.00 Å². The second kappa shape index (κ2) is 6.60. The number of nitrogens with two attached hydrogens (primary N) is 2. The molecule has 0 saturated carbocycles. The van der Waals surface area contributed by atoms with Crippen LogP contribution in [0.15, 0.2) is 34.5 Å². The van der Waals surface area contributed by atoms with Crippen molar-refractivity contribution < 1.29 is 22.0 Å². The topological polar surface area (TPSA) is 106 Å². The van der Waals surface area contributed by atoms with E-state index in [-0.39, 0.29) is 27.9 Å². The Labute approximate surface area is 153 Å². The summed E-state index contributed by atoms with van der Waals surface area (Å²) in [5.41, 5.74) is 12.4. The number of hydrogen-bond acceptors (Lipinski definition) is 5. The van der Waals surface area contributed by atoms with Crippen molar-refractivity contribution in [3.63, 3.8) is 0 Å². The molecule has 0 atom stereocenters. The molecular formula is C16H17F2N3O3S2. The van der Waals surface area contributed by atoms with Gasteiger partial charge in [0.2, 0.25) is 5.91 Å². The highest BCUT2D eigenvalue weighted by atomic mass is 32.2. The molecule has 4 N–H and O–H groups in total. The second-order valence-corrected chi connectivity index (χ2v) is 9.26. The fourth-order valence-corrected chi connectivity index (χ4v) is 5.70. The lowest BCUT2D eigenvalue weighted by atomic mass is 10.0. The van der Waals surface area contributed by atoms with Crippen LogP contribution in [0.2, 0.25) is 0 Å². The van der Waals surface area contributed by atoms with E-state index in [2.05, 4.69) is 0 Å². The van der Waals surface area contributed by atoms with E-state index in [0.717, 1.165) is 15.6 Å². The van der Waals surface area contributed by atoms with Crippen molar-refractivity contribution in [3.05, 3.63) is 35.9 Å². The van der Waals surface area contributed by atoms with Crippen LogP contribution in [-0.2, 0) is 10.0 Å². The number of piperidine rings is 1. The molecule has 0 radical (unpaired) electrons. The molecule has 2 heterocycles. The number of primary amides is 1. The zero-order valence-corrected chi connectivity index (χ0v) is 15.2. The molecule has 0 bridgehead atoms. The van der Waals surface area contributed by atoms with Crippen LogP contribution < -0.4 is 11.5 Å². The first kappa shape index (κ1) is 18.7. The van der Waals surface area contributed by atoms with Crippen molar-refractivity contribution >= 4 is 32.3 Å². The molecule has 2 aromatic rings. The minimum Gasteiger partial charge on any atom is -0.390 e. The van der Waals surface area contributed by atoms with E-state index in [1.165, 1.54) is 12.1 Å². The van der Waals surface area contributed by atoms with Gasteiger partial charge >= 0.3 is 0 Å². The predicted octanol–water partition coefficient (Wildman–Crippen LogP) is 2.52. The number of nitrogens with zero attached hydrogens (tertiary/aromatic N) is 1. The molecule has 26 heavy (non-hydrogen) atoms. The van der Waals surface area contributed by atoms with Crippen LogP contribution in [0.1, 0.15) is 23.2 Å². The van der Waals surface area contributed by atoms with Crippen LogP contribution in [0.3, 0.4) is 0 Å². The highest BCUT2D eigenvalue weighted by molar-refractivity contribution is 7.91. The monoisotopic (exact) mass is 401 g/mol. The quantitative estimate of drug-likeness (QED) is 0.821. The molecular weight excluding hydrogens is 384 g/mol. The van der Waals surface area contributed by atoms with Gasteiger partial charge in [-0.1, -0.05) is 18.2 Å². The molecule has 10 heteroatoms. The Hall–Kier alpha value is -2.04. The number of amides is 1. The second-order valence-electron chi connectivity index (χ2n) is 6.01. The number of halogens is 2. The average Bonchev–Trinajstić information content (AvgIpc) is 2.97. The van der Waals surface area contributed by atoms with Crippen LogP contribution in [0.4, 0.5) is 13.8 Å². The largest absolute Gasteiger partial charge is 0.390 e. The molecule has 0 spiro atoms. The van der Waals surface area contributed by atoms with Crippen molar-refractivity contribution in [1.82, 2.24) is 4.31 Å². The SMILES string of the molecule is NC(=O)c1ccccc1-c1cc(S(=O)(=O)N2CCC(F)(F)CC2)sc1N. The minimum atomic E-state index is -3.93. The van der Waals surface area contributed by atoms with Gasteiger partial charge in [0.1, 0.15) is 4.21 Å². The number of anilines is 1. The third-order valence-electron chi connectivity index (χ3n) is 4.27. The van der Waals surface area contributed by atoms with Crippen molar-refractivity contribution in [1.29, 1.82) is 0 Å². The zero-order chi connectivity index (χ0) is 19.1. The first-order valence-electron chi connectivity index (χ1n) is 7.78. The van der Waals surface area contributed by atoms with Crippen LogP contribution in [0.25, 0.3) is 11.1 Å². The summed E-state index contributed by atoms with van der Waals surface area (Å²) in [6, 6.07) is 7.83. The average molecular weight is 401 g/mol. The molecule has 0 aliphatic carbocycles. The maximum absolute atomic E-state index is 13.3. The van der Waals surface area contributed by atoms with Crippen LogP contribution in [-0.4, -0.2) is 37.6 Å². The fraction of sp³-hybridized carbons (Fsp3) is 0.312. The lowest BCUT2D eigenvalue weighted by molar-refractivity contribution is -0.0411. The Kier molecular flexibility index (Phi) is 4.76. The summed E-state index contributed by atoms with van der Waals surface area (Å²) in [6.45, 7) is -0.499. The molecule has 0 unspecified atom stereocenters. The third-order valence-corrected chi connectivity index (χ3v) is 7.58. The van der Waals surface area contributed by atoms with Gasteiger partial charge in [0, 0.05) is 37.1 Å². The summed E-state index contributed by atoms with van der Waals surface area (Å²) in [7, 11) is -3.93. The van der Waals surface area contributed by atoms with Gasteiger partial charge in [0.25, 0.3) is 15.9 Å². The van der Waals surface area contributed by atoms with Crippen LogP contribution >= 0.6 is 11.3 Å². The lowest BCUT2D eigenvalue weighted by Gasteiger charge is -2.30. The van der Waals surface area contributed by atoms with Crippen molar-refractivity contribution in [2.24, 2.45) is 5.73 Å². The molecule has 1 saturated heterocycles. The zero-order valence-electron chi connectivity index (χ0n) is 13.6. The minimum absolute atomic E-state index is 0.0468. The van der Waals surface area contributed by atoms with E-state index in [1.807, 2.05) is 0 Å². The fourth-order valence-electron chi connectivity index (χ4n) is 2.83. The van der Waals surface area contributed by atoms with Gasteiger partial charge in [-0.2, -0.15) is 4.31 Å².